The number of rotatable bonds is 4. The predicted molar refractivity (Wildman–Crippen MR) is 97.4 cm³/mol. The molecule has 0 aliphatic heterocycles. The zero-order valence-corrected chi connectivity index (χ0v) is 15.5. The van der Waals surface area contributed by atoms with Crippen molar-refractivity contribution in [1.82, 2.24) is 9.78 Å². The van der Waals surface area contributed by atoms with E-state index in [9.17, 15) is 9.59 Å². The summed E-state index contributed by atoms with van der Waals surface area (Å²) >= 11 is 5.92. The first-order chi connectivity index (χ1) is 12.3. The molecule has 7 nitrogen and oxygen atoms in total. The van der Waals surface area contributed by atoms with Crippen LogP contribution in [0.1, 0.15) is 28.9 Å². The molecule has 0 spiro atoms. The number of hydrogen-bond acceptors (Lipinski definition) is 5. The van der Waals surface area contributed by atoms with E-state index in [0.717, 1.165) is 5.69 Å². The van der Waals surface area contributed by atoms with Crippen LogP contribution in [-0.2, 0) is 16.6 Å². The van der Waals surface area contributed by atoms with Crippen LogP contribution in [0.2, 0.25) is 5.02 Å². The van der Waals surface area contributed by atoms with Crippen LogP contribution >= 0.6 is 11.6 Å². The van der Waals surface area contributed by atoms with Crippen molar-refractivity contribution in [1.29, 1.82) is 0 Å². The van der Waals surface area contributed by atoms with E-state index < -0.39 is 18.0 Å². The quantitative estimate of drug-likeness (QED) is 0.704. The highest BCUT2D eigenvalue weighted by Crippen LogP contribution is 2.24. The van der Waals surface area contributed by atoms with Gasteiger partial charge in [-0.05, 0) is 45.0 Å². The summed E-state index contributed by atoms with van der Waals surface area (Å²) in [6, 6.07) is 6.54. The zero-order valence-electron chi connectivity index (χ0n) is 14.8. The van der Waals surface area contributed by atoms with Crippen molar-refractivity contribution >= 4 is 40.1 Å². The Labute approximate surface area is 154 Å². The maximum Gasteiger partial charge on any atom is 0.375 e. The average Bonchev–Trinajstić information content (AvgIpc) is 3.10. The van der Waals surface area contributed by atoms with Crippen molar-refractivity contribution in [3.63, 3.8) is 0 Å². The number of amides is 1. The fourth-order valence-corrected chi connectivity index (χ4v) is 2.75. The highest BCUT2D eigenvalue weighted by atomic mass is 35.5. The molecule has 0 fully saturated rings. The molecule has 1 atom stereocenters. The van der Waals surface area contributed by atoms with Crippen molar-refractivity contribution in [2.24, 2.45) is 7.05 Å². The van der Waals surface area contributed by atoms with Gasteiger partial charge in [-0.15, -0.1) is 0 Å². The number of aromatic nitrogens is 2. The molecule has 0 bridgehead atoms. The number of carbonyl (C=O) groups excluding carboxylic acids is 2. The maximum absolute atomic E-state index is 12.3. The van der Waals surface area contributed by atoms with Crippen molar-refractivity contribution in [3.05, 3.63) is 46.4 Å². The molecule has 0 unspecified atom stereocenters. The lowest BCUT2D eigenvalue weighted by atomic mass is 10.2. The van der Waals surface area contributed by atoms with Crippen LogP contribution in [0.5, 0.6) is 0 Å². The van der Waals surface area contributed by atoms with Gasteiger partial charge in [0.05, 0.1) is 17.1 Å². The van der Waals surface area contributed by atoms with Gasteiger partial charge in [-0.2, -0.15) is 5.10 Å². The summed E-state index contributed by atoms with van der Waals surface area (Å²) in [7, 11) is 1.79. The number of nitrogens with zero attached hydrogens (tertiary/aromatic N) is 2. The molecule has 0 saturated carbocycles. The van der Waals surface area contributed by atoms with Crippen molar-refractivity contribution in [2.75, 3.05) is 5.32 Å². The van der Waals surface area contributed by atoms with E-state index in [2.05, 4.69) is 10.4 Å². The van der Waals surface area contributed by atoms with Crippen LogP contribution in [0.15, 0.2) is 28.7 Å². The van der Waals surface area contributed by atoms with Crippen molar-refractivity contribution < 1.29 is 18.7 Å². The number of aryl methyl sites for hydroxylation is 2. The van der Waals surface area contributed by atoms with Gasteiger partial charge in [-0.3, -0.25) is 9.48 Å². The molecular weight excluding hydrogens is 358 g/mol. The Morgan fingerprint density at radius 3 is 2.69 bits per heavy atom. The molecule has 2 aromatic heterocycles. The molecule has 0 saturated heterocycles. The fourth-order valence-electron chi connectivity index (χ4n) is 2.57. The summed E-state index contributed by atoms with van der Waals surface area (Å²) in [6.07, 6.45) is -1.00. The van der Waals surface area contributed by atoms with Gasteiger partial charge in [0.15, 0.2) is 6.10 Å². The number of nitrogens with one attached hydrogen (secondary N) is 1. The van der Waals surface area contributed by atoms with E-state index in [-0.39, 0.29) is 5.76 Å². The maximum atomic E-state index is 12.3. The molecule has 136 valence electrons. The molecule has 3 aromatic rings. The van der Waals surface area contributed by atoms with Gasteiger partial charge in [0, 0.05) is 17.5 Å². The van der Waals surface area contributed by atoms with Crippen LogP contribution in [0.3, 0.4) is 0 Å². The van der Waals surface area contributed by atoms with E-state index in [4.69, 9.17) is 20.8 Å². The van der Waals surface area contributed by atoms with E-state index in [1.165, 1.54) is 13.0 Å². The molecule has 8 heteroatoms. The number of ether oxygens (including phenoxy) is 1. The lowest BCUT2D eigenvalue weighted by Gasteiger charge is -2.12. The third-order valence-corrected chi connectivity index (χ3v) is 4.32. The molecule has 0 aliphatic carbocycles. The lowest BCUT2D eigenvalue weighted by Crippen LogP contribution is -2.30. The predicted octanol–water partition coefficient (Wildman–Crippen LogP) is 3.62. The third kappa shape index (κ3) is 3.43. The Balaban J connectivity index is 1.70. The first-order valence-corrected chi connectivity index (χ1v) is 8.35. The third-order valence-electron chi connectivity index (χ3n) is 4.09. The summed E-state index contributed by atoms with van der Waals surface area (Å²) in [5.74, 6) is -1.16. The molecule has 0 radical (unpaired) electrons. The second-order valence-corrected chi connectivity index (χ2v) is 6.44. The number of anilines is 1. The smallest absolute Gasteiger partial charge is 0.375 e. The Morgan fingerprint density at radius 1 is 1.31 bits per heavy atom. The summed E-state index contributed by atoms with van der Waals surface area (Å²) in [4.78, 5) is 24.6. The monoisotopic (exact) mass is 375 g/mol. The minimum absolute atomic E-state index is 0.00987. The highest BCUT2D eigenvalue weighted by Gasteiger charge is 2.23. The number of carbonyl (C=O) groups is 2. The molecule has 1 amide bonds. The molecule has 0 aliphatic rings. The van der Waals surface area contributed by atoms with Gasteiger partial charge >= 0.3 is 5.97 Å². The van der Waals surface area contributed by atoms with Crippen LogP contribution in [-0.4, -0.2) is 27.8 Å². The Hall–Kier alpha value is -2.80. The van der Waals surface area contributed by atoms with Crippen LogP contribution in [0.4, 0.5) is 5.69 Å². The average molecular weight is 376 g/mol. The topological polar surface area (TPSA) is 86.4 Å². The largest absolute Gasteiger partial charge is 0.449 e. The number of benzene rings is 1. The summed E-state index contributed by atoms with van der Waals surface area (Å²) in [6.45, 7) is 5.12. The highest BCUT2D eigenvalue weighted by molar-refractivity contribution is 6.31. The summed E-state index contributed by atoms with van der Waals surface area (Å²) in [5.41, 5.74) is 2.62. The zero-order chi connectivity index (χ0) is 19.0. The molecule has 1 N–H and O–H groups in total. The number of halogens is 1. The minimum Gasteiger partial charge on any atom is -0.449 e. The van der Waals surface area contributed by atoms with Gasteiger partial charge in [0.1, 0.15) is 5.58 Å². The first kappa shape index (κ1) is 18.0. The summed E-state index contributed by atoms with van der Waals surface area (Å²) in [5, 5.41) is 8.19. The number of fused-ring (bicyclic) bond motifs is 1. The van der Waals surface area contributed by atoms with E-state index in [0.29, 0.717) is 27.4 Å². The van der Waals surface area contributed by atoms with E-state index in [1.54, 1.807) is 36.9 Å². The second kappa shape index (κ2) is 6.84. The molecule has 2 heterocycles. The van der Waals surface area contributed by atoms with E-state index >= 15 is 0 Å². The molecule has 3 rings (SSSR count). The standard InChI is InChI=1S/C18H18ClN3O4/c1-9-16(10(2)22(4)21-9)20-17(23)11(3)25-18(24)15-8-12-7-13(19)5-6-14(12)26-15/h5-8,11H,1-4H3,(H,20,23)/t11-/m0/s1. The van der Waals surface area contributed by atoms with Gasteiger partial charge in [0.2, 0.25) is 5.76 Å². The summed E-state index contributed by atoms with van der Waals surface area (Å²) < 4.78 is 12.3. The van der Waals surface area contributed by atoms with Crippen LogP contribution in [0.25, 0.3) is 11.0 Å². The van der Waals surface area contributed by atoms with Crippen LogP contribution < -0.4 is 5.32 Å². The molecule has 1 aromatic carbocycles. The first-order valence-electron chi connectivity index (χ1n) is 7.97. The second-order valence-electron chi connectivity index (χ2n) is 6.00. The Morgan fingerprint density at radius 2 is 2.04 bits per heavy atom. The molecule has 26 heavy (non-hydrogen) atoms. The fraction of sp³-hybridized carbons (Fsp3) is 0.278. The Kier molecular flexibility index (Phi) is 4.73. The molecular formula is C18H18ClN3O4. The number of esters is 1. The van der Waals surface area contributed by atoms with E-state index in [1.807, 2.05) is 6.92 Å². The van der Waals surface area contributed by atoms with Gasteiger partial charge in [0.25, 0.3) is 5.91 Å². The van der Waals surface area contributed by atoms with Crippen molar-refractivity contribution in [2.45, 2.75) is 26.9 Å². The Bertz CT molecular complexity index is 1010. The number of furan rings is 1. The van der Waals surface area contributed by atoms with Crippen LogP contribution in [0, 0.1) is 13.8 Å². The SMILES string of the molecule is Cc1nn(C)c(C)c1NC(=O)[C@H](C)OC(=O)c1cc2cc(Cl)ccc2o1. The number of hydrogen-bond donors (Lipinski definition) is 1. The van der Waals surface area contributed by atoms with Gasteiger partial charge < -0.3 is 14.5 Å². The van der Waals surface area contributed by atoms with Gasteiger partial charge in [-0.25, -0.2) is 4.79 Å². The van der Waals surface area contributed by atoms with Gasteiger partial charge in [-0.1, -0.05) is 11.6 Å². The van der Waals surface area contributed by atoms with Crippen molar-refractivity contribution in [3.8, 4) is 0 Å². The minimum atomic E-state index is -1.00. The normalized spacial score (nSPS) is 12.2. The lowest BCUT2D eigenvalue weighted by molar-refractivity contribution is -0.123.